The van der Waals surface area contributed by atoms with E-state index in [1.807, 2.05) is 30.3 Å². The van der Waals surface area contributed by atoms with Gasteiger partial charge >= 0.3 is 0 Å². The van der Waals surface area contributed by atoms with Gasteiger partial charge in [-0.3, -0.25) is 9.59 Å². The Morgan fingerprint density at radius 1 is 1.39 bits per heavy atom. The first-order chi connectivity index (χ1) is 11.2. The van der Waals surface area contributed by atoms with E-state index in [-0.39, 0.29) is 18.4 Å². The number of rotatable bonds is 7. The predicted octanol–water partition coefficient (Wildman–Crippen LogP) is 2.79. The van der Waals surface area contributed by atoms with E-state index in [4.69, 9.17) is 5.26 Å². The Morgan fingerprint density at radius 2 is 2.22 bits per heavy atom. The van der Waals surface area contributed by atoms with Gasteiger partial charge in [-0.2, -0.15) is 5.26 Å². The third kappa shape index (κ3) is 5.29. The van der Waals surface area contributed by atoms with Crippen molar-refractivity contribution in [1.82, 2.24) is 5.32 Å². The van der Waals surface area contributed by atoms with Crippen molar-refractivity contribution in [3.63, 3.8) is 0 Å². The number of carbonyl (C=O) groups is 2. The van der Waals surface area contributed by atoms with Crippen LogP contribution in [0.5, 0.6) is 0 Å². The number of carbonyl (C=O) groups excluding carboxylic acids is 2. The van der Waals surface area contributed by atoms with Gasteiger partial charge in [0.2, 0.25) is 12.3 Å². The number of anilines is 1. The van der Waals surface area contributed by atoms with Gasteiger partial charge in [-0.25, -0.2) is 0 Å². The summed E-state index contributed by atoms with van der Waals surface area (Å²) in [6, 6.07) is 9.65. The monoisotopic (exact) mass is 331 g/mol. The lowest BCUT2D eigenvalue weighted by Crippen LogP contribution is -2.37. The molecule has 2 rings (SSSR count). The molecule has 2 atom stereocenters. The fourth-order valence-electron chi connectivity index (χ4n) is 2.96. The Hall–Kier alpha value is -2.00. The minimum Gasteiger partial charge on any atom is -0.343 e. The summed E-state index contributed by atoms with van der Waals surface area (Å²) in [5.74, 6) is 1.21. The van der Waals surface area contributed by atoms with Crippen LogP contribution in [0.25, 0.3) is 0 Å². The second kappa shape index (κ2) is 9.21. The van der Waals surface area contributed by atoms with Crippen LogP contribution in [0.15, 0.2) is 29.2 Å². The fourth-order valence-corrected chi connectivity index (χ4v) is 4.15. The number of hydrogen-bond donors (Lipinski definition) is 2. The lowest BCUT2D eigenvalue weighted by molar-refractivity contribution is -0.127. The largest absolute Gasteiger partial charge is 0.343 e. The van der Waals surface area contributed by atoms with Crippen molar-refractivity contribution in [3.8, 4) is 6.07 Å². The molecule has 0 unspecified atom stereocenters. The van der Waals surface area contributed by atoms with E-state index in [0.29, 0.717) is 12.3 Å². The summed E-state index contributed by atoms with van der Waals surface area (Å²) >= 11 is 1.71. The second-order valence-electron chi connectivity index (χ2n) is 5.63. The molecule has 0 aromatic heterocycles. The molecule has 2 amide bonds. The summed E-state index contributed by atoms with van der Waals surface area (Å²) in [6.45, 7) is 0.0780. The summed E-state index contributed by atoms with van der Waals surface area (Å²) in [7, 11) is 0. The van der Waals surface area contributed by atoms with Crippen LogP contribution in [0.4, 0.5) is 5.69 Å². The maximum Gasteiger partial charge on any atom is 0.224 e. The smallest absolute Gasteiger partial charge is 0.224 e. The summed E-state index contributed by atoms with van der Waals surface area (Å²) in [6.07, 6.45) is 4.84. The molecule has 6 heteroatoms. The molecule has 0 heterocycles. The Labute approximate surface area is 140 Å². The number of amides is 2. The molecule has 2 N–H and O–H groups in total. The van der Waals surface area contributed by atoms with E-state index >= 15 is 0 Å². The van der Waals surface area contributed by atoms with Crippen molar-refractivity contribution in [2.24, 2.45) is 11.8 Å². The summed E-state index contributed by atoms with van der Waals surface area (Å²) in [5, 5.41) is 13.9. The SMILES string of the molecule is N#CCNC(=O)[C@H]1CCCC[C@@H]1CSc1cccc(NC=O)c1. The van der Waals surface area contributed by atoms with E-state index < -0.39 is 0 Å². The van der Waals surface area contributed by atoms with Gasteiger partial charge < -0.3 is 10.6 Å². The van der Waals surface area contributed by atoms with Crippen LogP contribution in [-0.4, -0.2) is 24.6 Å². The Kier molecular flexibility index (Phi) is 6.95. The number of nitriles is 1. The molecule has 1 aromatic rings. The molecule has 0 saturated heterocycles. The van der Waals surface area contributed by atoms with Gasteiger partial charge in [-0.1, -0.05) is 18.9 Å². The summed E-state index contributed by atoms with van der Waals surface area (Å²) < 4.78 is 0. The molecule has 0 radical (unpaired) electrons. The van der Waals surface area contributed by atoms with Crippen LogP contribution >= 0.6 is 11.8 Å². The van der Waals surface area contributed by atoms with Crippen molar-refractivity contribution in [1.29, 1.82) is 5.26 Å². The number of nitrogens with one attached hydrogen (secondary N) is 2. The van der Waals surface area contributed by atoms with E-state index in [2.05, 4.69) is 10.6 Å². The highest BCUT2D eigenvalue weighted by molar-refractivity contribution is 7.99. The van der Waals surface area contributed by atoms with Crippen molar-refractivity contribution in [2.45, 2.75) is 30.6 Å². The maximum absolute atomic E-state index is 12.2. The van der Waals surface area contributed by atoms with Crippen molar-refractivity contribution < 1.29 is 9.59 Å². The van der Waals surface area contributed by atoms with Crippen LogP contribution in [0.1, 0.15) is 25.7 Å². The average Bonchev–Trinajstić information content (AvgIpc) is 2.59. The maximum atomic E-state index is 12.2. The molecule has 23 heavy (non-hydrogen) atoms. The van der Waals surface area contributed by atoms with Crippen LogP contribution in [0, 0.1) is 23.2 Å². The first-order valence-electron chi connectivity index (χ1n) is 7.82. The van der Waals surface area contributed by atoms with Gasteiger partial charge in [0, 0.05) is 22.3 Å². The summed E-state index contributed by atoms with van der Waals surface area (Å²) in [5.41, 5.74) is 0.775. The highest BCUT2D eigenvalue weighted by atomic mass is 32.2. The summed E-state index contributed by atoms with van der Waals surface area (Å²) in [4.78, 5) is 23.8. The van der Waals surface area contributed by atoms with E-state index in [1.165, 1.54) is 0 Å². The minimum absolute atomic E-state index is 0.000817. The van der Waals surface area contributed by atoms with Gasteiger partial charge in [-0.05, 0) is 37.0 Å². The molecule has 0 bridgehead atoms. The number of benzene rings is 1. The lowest BCUT2D eigenvalue weighted by atomic mass is 9.80. The zero-order chi connectivity index (χ0) is 16.5. The van der Waals surface area contributed by atoms with Crippen LogP contribution in [0.3, 0.4) is 0 Å². The zero-order valence-electron chi connectivity index (χ0n) is 13.0. The van der Waals surface area contributed by atoms with E-state index in [1.54, 1.807) is 11.8 Å². The highest BCUT2D eigenvalue weighted by Gasteiger charge is 2.30. The molecule has 0 aliphatic heterocycles. The Bertz CT molecular complexity index is 585. The standard InChI is InChI=1S/C17H21N3O2S/c18-8-9-19-17(22)16-7-2-1-4-13(16)11-23-15-6-3-5-14(10-15)20-12-21/h3,5-6,10,12-13,16H,1-2,4,7,9,11H2,(H,19,22)(H,20,21)/t13-,16+/m1/s1. The molecule has 1 saturated carbocycles. The molecule has 1 aliphatic rings. The molecular weight excluding hydrogens is 310 g/mol. The molecule has 5 nitrogen and oxygen atoms in total. The minimum atomic E-state index is 0.000817. The number of nitrogens with zero attached hydrogens (tertiary/aromatic N) is 1. The first-order valence-corrected chi connectivity index (χ1v) is 8.81. The van der Waals surface area contributed by atoms with Crippen LogP contribution in [0.2, 0.25) is 0 Å². The second-order valence-corrected chi connectivity index (χ2v) is 6.72. The van der Waals surface area contributed by atoms with Gasteiger partial charge in [0.1, 0.15) is 6.54 Å². The molecule has 0 spiro atoms. The Morgan fingerprint density at radius 3 is 3.00 bits per heavy atom. The van der Waals surface area contributed by atoms with Gasteiger partial charge in [0.25, 0.3) is 0 Å². The first kappa shape index (κ1) is 17.4. The topological polar surface area (TPSA) is 82.0 Å². The number of hydrogen-bond acceptors (Lipinski definition) is 4. The third-order valence-corrected chi connectivity index (χ3v) is 5.29. The molecule has 1 aromatic carbocycles. The molecular formula is C17H21N3O2S. The van der Waals surface area contributed by atoms with E-state index in [0.717, 1.165) is 42.0 Å². The fraction of sp³-hybridized carbons (Fsp3) is 0.471. The van der Waals surface area contributed by atoms with Crippen molar-refractivity contribution in [3.05, 3.63) is 24.3 Å². The van der Waals surface area contributed by atoms with Gasteiger partial charge in [0.05, 0.1) is 6.07 Å². The lowest BCUT2D eigenvalue weighted by Gasteiger charge is -2.30. The average molecular weight is 331 g/mol. The highest BCUT2D eigenvalue weighted by Crippen LogP contribution is 2.35. The predicted molar refractivity (Wildman–Crippen MR) is 90.9 cm³/mol. The number of thioether (sulfide) groups is 1. The quantitative estimate of drug-likeness (QED) is 0.457. The van der Waals surface area contributed by atoms with Crippen LogP contribution in [-0.2, 0) is 9.59 Å². The van der Waals surface area contributed by atoms with Gasteiger partial charge in [0.15, 0.2) is 0 Å². The molecule has 1 fully saturated rings. The van der Waals surface area contributed by atoms with Crippen molar-refractivity contribution in [2.75, 3.05) is 17.6 Å². The zero-order valence-corrected chi connectivity index (χ0v) is 13.8. The normalized spacial score (nSPS) is 20.3. The molecule has 122 valence electrons. The molecule has 1 aliphatic carbocycles. The third-order valence-electron chi connectivity index (χ3n) is 4.11. The van der Waals surface area contributed by atoms with Gasteiger partial charge in [-0.15, -0.1) is 11.8 Å². The Balaban J connectivity index is 1.94. The van der Waals surface area contributed by atoms with E-state index in [9.17, 15) is 9.59 Å². The van der Waals surface area contributed by atoms with Crippen LogP contribution < -0.4 is 10.6 Å². The van der Waals surface area contributed by atoms with Crippen molar-refractivity contribution >= 4 is 29.8 Å².